The first-order chi connectivity index (χ1) is 15.8. The van der Waals surface area contributed by atoms with Crippen LogP contribution in [-0.4, -0.2) is 47.0 Å². The molecule has 0 radical (unpaired) electrons. The second-order valence-corrected chi connectivity index (χ2v) is 8.79. The van der Waals surface area contributed by atoms with E-state index in [9.17, 15) is 4.79 Å². The lowest BCUT2D eigenvalue weighted by Gasteiger charge is -2.32. The van der Waals surface area contributed by atoms with Crippen molar-refractivity contribution in [1.29, 1.82) is 0 Å². The molecule has 2 aliphatic rings. The Hall–Kier alpha value is -3.22. The van der Waals surface area contributed by atoms with Gasteiger partial charge in [-0.1, -0.05) is 12.1 Å². The third kappa shape index (κ3) is 4.66. The van der Waals surface area contributed by atoms with Gasteiger partial charge in [0.15, 0.2) is 5.65 Å². The number of rotatable bonds is 5. The molecule has 4 heterocycles. The number of anilines is 2. The van der Waals surface area contributed by atoms with Gasteiger partial charge in [0.1, 0.15) is 5.52 Å². The predicted molar refractivity (Wildman–Crippen MR) is 127 cm³/mol. The quantitative estimate of drug-likeness (QED) is 0.667. The number of benzene rings is 1. The molecule has 7 heteroatoms. The van der Waals surface area contributed by atoms with Crippen LogP contribution >= 0.6 is 0 Å². The SMILES string of the molecule is O=C(NCc1ccc(N2CCCCC2)cc1)C1CCN(c2cnc3nccnc3c2)CC1. The van der Waals surface area contributed by atoms with E-state index in [4.69, 9.17) is 0 Å². The summed E-state index contributed by atoms with van der Waals surface area (Å²) in [5.74, 6) is 0.222. The molecule has 1 amide bonds. The number of amides is 1. The summed E-state index contributed by atoms with van der Waals surface area (Å²) >= 11 is 0. The Morgan fingerprint density at radius 1 is 0.875 bits per heavy atom. The molecule has 0 saturated carbocycles. The highest BCUT2D eigenvalue weighted by molar-refractivity contribution is 5.79. The van der Waals surface area contributed by atoms with Crippen LogP contribution in [0.4, 0.5) is 11.4 Å². The number of aromatic nitrogens is 3. The molecular formula is C25H30N6O. The molecule has 166 valence electrons. The first-order valence-corrected chi connectivity index (χ1v) is 11.7. The van der Waals surface area contributed by atoms with Crippen molar-refractivity contribution in [3.8, 4) is 0 Å². The topological polar surface area (TPSA) is 74.2 Å². The normalized spacial score (nSPS) is 17.5. The summed E-state index contributed by atoms with van der Waals surface area (Å²) in [4.78, 5) is 30.5. The monoisotopic (exact) mass is 430 g/mol. The van der Waals surface area contributed by atoms with E-state index >= 15 is 0 Å². The predicted octanol–water partition coefficient (Wildman–Crippen LogP) is 3.55. The first kappa shape index (κ1) is 20.7. The molecule has 0 aliphatic carbocycles. The highest BCUT2D eigenvalue weighted by atomic mass is 16.1. The summed E-state index contributed by atoms with van der Waals surface area (Å²) in [6, 6.07) is 10.7. The van der Waals surface area contributed by atoms with Crippen LogP contribution in [-0.2, 0) is 11.3 Å². The van der Waals surface area contributed by atoms with Crippen LogP contribution < -0.4 is 15.1 Å². The minimum absolute atomic E-state index is 0.0621. The molecule has 32 heavy (non-hydrogen) atoms. The van der Waals surface area contributed by atoms with Crippen LogP contribution in [0.15, 0.2) is 48.9 Å². The number of carbonyl (C=O) groups is 1. The summed E-state index contributed by atoms with van der Waals surface area (Å²) in [6.45, 7) is 4.58. The Morgan fingerprint density at radius 3 is 2.38 bits per heavy atom. The number of pyridine rings is 1. The molecule has 2 saturated heterocycles. The van der Waals surface area contributed by atoms with E-state index in [-0.39, 0.29) is 11.8 Å². The number of carbonyl (C=O) groups excluding carboxylic acids is 1. The largest absolute Gasteiger partial charge is 0.372 e. The van der Waals surface area contributed by atoms with Gasteiger partial charge in [-0.2, -0.15) is 0 Å². The minimum atomic E-state index is 0.0621. The van der Waals surface area contributed by atoms with Gasteiger partial charge in [-0.25, -0.2) is 9.97 Å². The molecule has 2 aromatic heterocycles. The summed E-state index contributed by atoms with van der Waals surface area (Å²) in [5.41, 5.74) is 4.96. The summed E-state index contributed by atoms with van der Waals surface area (Å²) in [7, 11) is 0. The van der Waals surface area contributed by atoms with E-state index in [1.54, 1.807) is 12.4 Å². The number of hydrogen-bond acceptors (Lipinski definition) is 6. The average Bonchev–Trinajstić information content (AvgIpc) is 2.88. The maximum atomic E-state index is 12.7. The van der Waals surface area contributed by atoms with Crippen molar-refractivity contribution in [2.24, 2.45) is 5.92 Å². The molecule has 3 aromatic rings. The van der Waals surface area contributed by atoms with Crippen molar-refractivity contribution >= 4 is 28.4 Å². The fourth-order valence-corrected chi connectivity index (χ4v) is 4.73. The minimum Gasteiger partial charge on any atom is -0.372 e. The van der Waals surface area contributed by atoms with Crippen molar-refractivity contribution in [3.63, 3.8) is 0 Å². The van der Waals surface area contributed by atoms with Crippen molar-refractivity contribution in [2.45, 2.75) is 38.6 Å². The molecule has 0 bridgehead atoms. The number of hydrogen-bond donors (Lipinski definition) is 1. The van der Waals surface area contributed by atoms with E-state index < -0.39 is 0 Å². The standard InChI is InChI=1S/C25H30N6O/c32-25(29-17-19-4-6-21(7-5-19)30-12-2-1-3-13-30)20-8-14-31(15-9-20)22-16-23-24(28-18-22)27-11-10-26-23/h4-7,10-11,16,18,20H,1-3,8-9,12-15,17H2,(H,29,32). The van der Waals surface area contributed by atoms with E-state index in [0.29, 0.717) is 12.2 Å². The Balaban J connectivity index is 1.11. The van der Waals surface area contributed by atoms with Crippen molar-refractivity contribution in [1.82, 2.24) is 20.3 Å². The second kappa shape index (κ2) is 9.51. The fourth-order valence-electron chi connectivity index (χ4n) is 4.73. The zero-order chi connectivity index (χ0) is 21.8. The van der Waals surface area contributed by atoms with Gasteiger partial charge in [0, 0.05) is 56.7 Å². The van der Waals surface area contributed by atoms with Gasteiger partial charge in [-0.05, 0) is 55.9 Å². The van der Waals surface area contributed by atoms with Crippen LogP contribution in [0.3, 0.4) is 0 Å². The van der Waals surface area contributed by atoms with Crippen LogP contribution in [0.5, 0.6) is 0 Å². The van der Waals surface area contributed by atoms with E-state index in [2.05, 4.69) is 54.3 Å². The molecule has 1 aromatic carbocycles. The maximum absolute atomic E-state index is 12.7. The molecule has 2 fully saturated rings. The Labute approximate surface area is 188 Å². The van der Waals surface area contributed by atoms with Crippen molar-refractivity contribution in [3.05, 3.63) is 54.5 Å². The number of fused-ring (bicyclic) bond motifs is 1. The average molecular weight is 431 g/mol. The van der Waals surface area contributed by atoms with Gasteiger partial charge in [-0.3, -0.25) is 9.78 Å². The molecule has 0 atom stereocenters. The Morgan fingerprint density at radius 2 is 1.59 bits per heavy atom. The molecule has 1 N–H and O–H groups in total. The highest BCUT2D eigenvalue weighted by Crippen LogP contribution is 2.25. The van der Waals surface area contributed by atoms with Crippen LogP contribution in [0, 0.1) is 5.92 Å². The summed E-state index contributed by atoms with van der Waals surface area (Å²) in [6.07, 6.45) is 10.8. The van der Waals surface area contributed by atoms with Gasteiger partial charge in [0.2, 0.25) is 5.91 Å². The summed E-state index contributed by atoms with van der Waals surface area (Å²) < 4.78 is 0. The lowest BCUT2D eigenvalue weighted by molar-refractivity contribution is -0.125. The highest BCUT2D eigenvalue weighted by Gasteiger charge is 2.25. The van der Waals surface area contributed by atoms with E-state index in [1.807, 2.05) is 12.3 Å². The number of nitrogens with one attached hydrogen (secondary N) is 1. The number of piperidine rings is 2. The Bertz CT molecular complexity index is 1060. The fraction of sp³-hybridized carbons (Fsp3) is 0.440. The molecule has 2 aliphatic heterocycles. The second-order valence-electron chi connectivity index (χ2n) is 8.79. The zero-order valence-electron chi connectivity index (χ0n) is 18.4. The first-order valence-electron chi connectivity index (χ1n) is 11.7. The molecule has 0 unspecified atom stereocenters. The van der Waals surface area contributed by atoms with Crippen LogP contribution in [0.2, 0.25) is 0 Å². The molecule has 5 rings (SSSR count). The Kier molecular flexibility index (Phi) is 6.14. The van der Waals surface area contributed by atoms with Crippen molar-refractivity contribution < 1.29 is 4.79 Å². The zero-order valence-corrected chi connectivity index (χ0v) is 18.4. The lowest BCUT2D eigenvalue weighted by Crippen LogP contribution is -2.40. The lowest BCUT2D eigenvalue weighted by atomic mass is 9.95. The van der Waals surface area contributed by atoms with E-state index in [0.717, 1.165) is 55.8 Å². The van der Waals surface area contributed by atoms with Gasteiger partial charge < -0.3 is 15.1 Å². The van der Waals surface area contributed by atoms with E-state index in [1.165, 1.54) is 24.9 Å². The third-order valence-electron chi connectivity index (χ3n) is 6.67. The third-order valence-corrected chi connectivity index (χ3v) is 6.67. The van der Waals surface area contributed by atoms with Gasteiger partial charge >= 0.3 is 0 Å². The van der Waals surface area contributed by atoms with Gasteiger partial charge in [0.05, 0.1) is 11.9 Å². The van der Waals surface area contributed by atoms with Crippen LogP contribution in [0.25, 0.3) is 11.2 Å². The molecule has 7 nitrogen and oxygen atoms in total. The molecular weight excluding hydrogens is 400 g/mol. The van der Waals surface area contributed by atoms with Gasteiger partial charge in [-0.15, -0.1) is 0 Å². The number of nitrogens with zero attached hydrogens (tertiary/aromatic N) is 5. The van der Waals surface area contributed by atoms with Gasteiger partial charge in [0.25, 0.3) is 0 Å². The summed E-state index contributed by atoms with van der Waals surface area (Å²) in [5, 5.41) is 3.14. The maximum Gasteiger partial charge on any atom is 0.223 e. The smallest absolute Gasteiger partial charge is 0.223 e. The van der Waals surface area contributed by atoms with Crippen LogP contribution in [0.1, 0.15) is 37.7 Å². The molecule has 0 spiro atoms. The van der Waals surface area contributed by atoms with Crippen molar-refractivity contribution in [2.75, 3.05) is 36.0 Å².